The van der Waals surface area contributed by atoms with E-state index in [2.05, 4.69) is 0 Å². The second kappa shape index (κ2) is 7.17. The molecule has 1 amide bonds. The van der Waals surface area contributed by atoms with Crippen molar-refractivity contribution < 1.29 is 19.3 Å². The molecule has 148 valence electrons. The first-order valence-corrected chi connectivity index (χ1v) is 9.69. The van der Waals surface area contributed by atoms with E-state index >= 15 is 0 Å². The van der Waals surface area contributed by atoms with Gasteiger partial charge in [-0.1, -0.05) is 29.3 Å². The van der Waals surface area contributed by atoms with Crippen LogP contribution in [0.4, 0.5) is 0 Å². The number of alkyl halides is 1. The summed E-state index contributed by atoms with van der Waals surface area (Å²) in [6.07, 6.45) is 0.841. The second-order valence-electron chi connectivity index (χ2n) is 7.42. The van der Waals surface area contributed by atoms with Gasteiger partial charge >= 0.3 is 0 Å². The Kier molecular flexibility index (Phi) is 5.38. The number of rotatable bonds is 4. The Bertz CT molecular complexity index is 750. The van der Waals surface area contributed by atoms with Gasteiger partial charge in [-0.25, -0.2) is 5.06 Å². The molecule has 6 nitrogen and oxygen atoms in total. The molecule has 2 fully saturated rings. The number of hydrogen-bond acceptors (Lipinski definition) is 5. The highest BCUT2D eigenvalue weighted by Gasteiger charge is 2.69. The molecule has 0 saturated carbocycles. The number of ketones is 1. The number of Topliss-reactive ketones (excluding diaryl/α,β-unsaturated/α-hetero) is 1. The molecule has 2 aliphatic rings. The van der Waals surface area contributed by atoms with E-state index < -0.39 is 16.3 Å². The maximum absolute atomic E-state index is 13.8. The standard InChI is InChI=1S/C20H27ClN2O4/c1-6-27-23-18(25)20(21,16-14(3)11-13(2)12-15(16)4)17(24)19(23)7-9-22(26-5)10-8-19/h11-12H,6-10H2,1-5H3. The predicted molar refractivity (Wildman–Crippen MR) is 102 cm³/mol. The molecular formula is C20H27ClN2O4. The molecular weight excluding hydrogens is 368 g/mol. The van der Waals surface area contributed by atoms with E-state index in [1.807, 2.05) is 32.9 Å². The third-order valence-corrected chi connectivity index (χ3v) is 6.21. The summed E-state index contributed by atoms with van der Waals surface area (Å²) in [4.78, 5) is 36.4. The molecule has 1 aromatic carbocycles. The van der Waals surface area contributed by atoms with E-state index in [0.29, 0.717) is 31.5 Å². The fourth-order valence-electron chi connectivity index (χ4n) is 4.57. The van der Waals surface area contributed by atoms with Crippen LogP contribution in [0, 0.1) is 20.8 Å². The number of amides is 1. The summed E-state index contributed by atoms with van der Waals surface area (Å²) in [6, 6.07) is 3.91. The first kappa shape index (κ1) is 20.3. The van der Waals surface area contributed by atoms with Gasteiger partial charge in [0.15, 0.2) is 5.78 Å². The highest BCUT2D eigenvalue weighted by molar-refractivity contribution is 6.49. The number of benzene rings is 1. The van der Waals surface area contributed by atoms with Gasteiger partial charge in [-0.2, -0.15) is 5.06 Å². The smallest absolute Gasteiger partial charge is 0.280 e. The quantitative estimate of drug-likeness (QED) is 0.580. The molecule has 0 radical (unpaired) electrons. The van der Waals surface area contributed by atoms with Crippen molar-refractivity contribution >= 4 is 23.3 Å². The largest absolute Gasteiger partial charge is 0.302 e. The number of hydrogen-bond donors (Lipinski definition) is 0. The highest BCUT2D eigenvalue weighted by Crippen LogP contribution is 2.50. The Labute approximate surface area is 165 Å². The predicted octanol–water partition coefficient (Wildman–Crippen LogP) is 2.80. The summed E-state index contributed by atoms with van der Waals surface area (Å²) < 4.78 is 0. The molecule has 2 heterocycles. The normalized spacial score (nSPS) is 25.6. The summed E-state index contributed by atoms with van der Waals surface area (Å²) in [5, 5.41) is 3.04. The number of halogens is 1. The molecule has 27 heavy (non-hydrogen) atoms. The molecule has 1 aromatic rings. The van der Waals surface area contributed by atoms with Gasteiger partial charge in [-0.15, -0.1) is 0 Å². The first-order valence-electron chi connectivity index (χ1n) is 9.31. The maximum Gasteiger partial charge on any atom is 0.280 e. The molecule has 0 aromatic heterocycles. The van der Waals surface area contributed by atoms with Crippen LogP contribution in [0.2, 0.25) is 0 Å². The van der Waals surface area contributed by atoms with Gasteiger partial charge in [0.25, 0.3) is 5.91 Å². The lowest BCUT2D eigenvalue weighted by Gasteiger charge is -2.41. The van der Waals surface area contributed by atoms with Crippen LogP contribution >= 0.6 is 11.6 Å². The van der Waals surface area contributed by atoms with E-state index in [0.717, 1.165) is 16.7 Å². The van der Waals surface area contributed by atoms with E-state index in [4.69, 9.17) is 21.3 Å². The van der Waals surface area contributed by atoms with E-state index in [-0.39, 0.29) is 12.4 Å². The van der Waals surface area contributed by atoms with Crippen LogP contribution in [0.3, 0.4) is 0 Å². The van der Waals surface area contributed by atoms with Crippen molar-refractivity contribution in [1.29, 1.82) is 0 Å². The summed E-state index contributed by atoms with van der Waals surface area (Å²) in [5.41, 5.74) is 2.27. The third kappa shape index (κ3) is 2.90. The SMILES string of the molecule is CCON1C(=O)C(Cl)(c2c(C)cc(C)cc2C)C(=O)C12CCN(OC)CC2. The molecule has 1 spiro atoms. The fraction of sp³-hybridized carbons (Fsp3) is 0.600. The Hall–Kier alpha value is -1.47. The highest BCUT2D eigenvalue weighted by atomic mass is 35.5. The number of hydroxylamine groups is 4. The summed E-state index contributed by atoms with van der Waals surface area (Å²) in [5.74, 6) is -0.780. The average molecular weight is 395 g/mol. The monoisotopic (exact) mass is 394 g/mol. The van der Waals surface area contributed by atoms with Gasteiger partial charge in [-0.3, -0.25) is 14.4 Å². The number of aryl methyl sites for hydroxylation is 3. The van der Waals surface area contributed by atoms with Crippen molar-refractivity contribution in [3.63, 3.8) is 0 Å². The Balaban J connectivity index is 2.13. The van der Waals surface area contributed by atoms with Gasteiger partial charge in [0.05, 0.1) is 13.7 Å². The number of carbonyl (C=O) groups excluding carboxylic acids is 2. The lowest BCUT2D eigenvalue weighted by molar-refractivity contribution is -0.228. The first-order chi connectivity index (χ1) is 12.7. The Morgan fingerprint density at radius 3 is 2.15 bits per heavy atom. The van der Waals surface area contributed by atoms with Crippen molar-refractivity contribution in [1.82, 2.24) is 10.1 Å². The van der Waals surface area contributed by atoms with Crippen LogP contribution < -0.4 is 0 Å². The molecule has 2 aliphatic heterocycles. The van der Waals surface area contributed by atoms with Crippen LogP contribution in [0.15, 0.2) is 12.1 Å². The third-order valence-electron chi connectivity index (χ3n) is 5.69. The minimum absolute atomic E-state index is 0.285. The zero-order chi connectivity index (χ0) is 20.0. The number of carbonyl (C=O) groups is 2. The Morgan fingerprint density at radius 1 is 1.11 bits per heavy atom. The van der Waals surface area contributed by atoms with Crippen molar-refractivity contribution in [3.05, 3.63) is 34.4 Å². The van der Waals surface area contributed by atoms with Gasteiger partial charge in [-0.05, 0) is 57.2 Å². The summed E-state index contributed by atoms with van der Waals surface area (Å²) in [6.45, 7) is 8.90. The Morgan fingerprint density at radius 2 is 1.67 bits per heavy atom. The molecule has 1 atom stereocenters. The van der Waals surface area contributed by atoms with Gasteiger partial charge in [0.2, 0.25) is 4.87 Å². The lowest BCUT2D eigenvalue weighted by Crippen LogP contribution is -2.56. The minimum Gasteiger partial charge on any atom is -0.302 e. The topological polar surface area (TPSA) is 59.1 Å². The maximum atomic E-state index is 13.8. The molecule has 0 aliphatic carbocycles. The molecule has 1 unspecified atom stereocenters. The van der Waals surface area contributed by atoms with Crippen LogP contribution in [-0.4, -0.2) is 54.2 Å². The zero-order valence-electron chi connectivity index (χ0n) is 16.6. The summed E-state index contributed by atoms with van der Waals surface area (Å²) in [7, 11) is 1.60. The van der Waals surface area contributed by atoms with Crippen LogP contribution in [0.1, 0.15) is 42.0 Å². The fourth-order valence-corrected chi connectivity index (χ4v) is 5.12. The van der Waals surface area contributed by atoms with Crippen LogP contribution in [-0.2, 0) is 24.1 Å². The van der Waals surface area contributed by atoms with Crippen molar-refractivity contribution in [2.75, 3.05) is 26.8 Å². The van der Waals surface area contributed by atoms with Crippen LogP contribution in [0.5, 0.6) is 0 Å². The van der Waals surface area contributed by atoms with Gasteiger partial charge in [0.1, 0.15) is 5.54 Å². The van der Waals surface area contributed by atoms with Gasteiger partial charge < -0.3 is 4.84 Å². The van der Waals surface area contributed by atoms with E-state index in [1.165, 1.54) is 5.06 Å². The van der Waals surface area contributed by atoms with Crippen LogP contribution in [0.25, 0.3) is 0 Å². The summed E-state index contributed by atoms with van der Waals surface area (Å²) >= 11 is 6.92. The molecule has 0 bridgehead atoms. The molecule has 7 heteroatoms. The molecule has 0 N–H and O–H groups in total. The van der Waals surface area contributed by atoms with Gasteiger partial charge in [0, 0.05) is 13.1 Å². The van der Waals surface area contributed by atoms with Crippen molar-refractivity contribution in [2.45, 2.75) is 50.9 Å². The van der Waals surface area contributed by atoms with E-state index in [9.17, 15) is 9.59 Å². The van der Waals surface area contributed by atoms with Crippen molar-refractivity contribution in [2.24, 2.45) is 0 Å². The lowest BCUT2D eigenvalue weighted by atomic mass is 9.78. The molecule has 3 rings (SSSR count). The number of piperidine rings is 1. The van der Waals surface area contributed by atoms with Crippen molar-refractivity contribution in [3.8, 4) is 0 Å². The molecule has 2 saturated heterocycles. The minimum atomic E-state index is -1.76. The average Bonchev–Trinajstić information content (AvgIpc) is 2.76. The van der Waals surface area contributed by atoms with E-state index in [1.54, 1.807) is 19.1 Å². The second-order valence-corrected chi connectivity index (χ2v) is 7.99. The number of nitrogens with zero attached hydrogens (tertiary/aromatic N) is 2. The zero-order valence-corrected chi connectivity index (χ0v) is 17.4.